The summed E-state index contributed by atoms with van der Waals surface area (Å²) in [6, 6.07) is 14.7. The van der Waals surface area contributed by atoms with Crippen LogP contribution in [0.5, 0.6) is 5.75 Å². The van der Waals surface area contributed by atoms with Crippen molar-refractivity contribution in [3.63, 3.8) is 0 Å². The molecule has 0 aliphatic carbocycles. The third kappa shape index (κ3) is 5.09. The second-order valence-corrected chi connectivity index (χ2v) is 8.93. The summed E-state index contributed by atoms with van der Waals surface area (Å²) in [4.78, 5) is 13.3. The van der Waals surface area contributed by atoms with Gasteiger partial charge in [0, 0.05) is 16.8 Å². The van der Waals surface area contributed by atoms with E-state index in [4.69, 9.17) is 17.0 Å². The first-order valence-electron chi connectivity index (χ1n) is 10.0. The van der Waals surface area contributed by atoms with Crippen LogP contribution in [0.1, 0.15) is 30.0 Å². The van der Waals surface area contributed by atoms with Crippen molar-refractivity contribution in [2.45, 2.75) is 20.8 Å². The summed E-state index contributed by atoms with van der Waals surface area (Å²) in [5, 5.41) is 19.4. The smallest absolute Gasteiger partial charge is 0.257 e. The lowest BCUT2D eigenvalue weighted by atomic mass is 10.2. The number of carbonyl (C=O) groups excluding carboxylic acids is 1. The standard InChI is InChI=1S/C22H22N6O2S2/c1-13(2)12-30-18-9-5-6-15(11-18)19(29)24-21(31)23-17-8-4-7-16(10-17)20-27-28-14(3)25-26-22(28)32-20/h4-11,13H,12H2,1-3H3,(H2,23,24,29,31). The van der Waals surface area contributed by atoms with Crippen LogP contribution in [-0.4, -0.2) is 37.4 Å². The zero-order chi connectivity index (χ0) is 22.7. The van der Waals surface area contributed by atoms with Crippen molar-refractivity contribution < 1.29 is 9.53 Å². The highest BCUT2D eigenvalue weighted by Crippen LogP contribution is 2.27. The Morgan fingerprint density at radius 2 is 2.00 bits per heavy atom. The van der Waals surface area contributed by atoms with Gasteiger partial charge in [-0.2, -0.15) is 9.61 Å². The molecule has 0 spiro atoms. The van der Waals surface area contributed by atoms with Crippen LogP contribution in [-0.2, 0) is 0 Å². The van der Waals surface area contributed by atoms with Crippen molar-refractivity contribution in [2.75, 3.05) is 11.9 Å². The van der Waals surface area contributed by atoms with E-state index in [-0.39, 0.29) is 11.0 Å². The maximum absolute atomic E-state index is 12.6. The van der Waals surface area contributed by atoms with Crippen LogP contribution in [0.3, 0.4) is 0 Å². The van der Waals surface area contributed by atoms with Crippen molar-refractivity contribution in [1.82, 2.24) is 25.1 Å². The van der Waals surface area contributed by atoms with E-state index in [0.29, 0.717) is 23.8 Å². The number of aromatic nitrogens is 4. The largest absolute Gasteiger partial charge is 0.493 e. The van der Waals surface area contributed by atoms with E-state index in [2.05, 4.69) is 39.8 Å². The molecule has 2 heterocycles. The third-order valence-corrected chi connectivity index (χ3v) is 5.57. The summed E-state index contributed by atoms with van der Waals surface area (Å²) in [7, 11) is 0. The van der Waals surface area contributed by atoms with E-state index in [1.165, 1.54) is 11.3 Å². The topological polar surface area (TPSA) is 93.4 Å². The highest BCUT2D eigenvalue weighted by atomic mass is 32.1. The van der Waals surface area contributed by atoms with E-state index in [0.717, 1.165) is 27.0 Å². The Balaban J connectivity index is 1.41. The summed E-state index contributed by atoms with van der Waals surface area (Å²) in [5.74, 6) is 1.48. The maximum atomic E-state index is 12.6. The van der Waals surface area contributed by atoms with E-state index in [1.807, 2.05) is 37.3 Å². The fourth-order valence-corrected chi connectivity index (χ4v) is 3.98. The Kier molecular flexibility index (Phi) is 6.42. The van der Waals surface area contributed by atoms with Gasteiger partial charge in [-0.1, -0.05) is 43.4 Å². The zero-order valence-electron chi connectivity index (χ0n) is 17.8. The van der Waals surface area contributed by atoms with Gasteiger partial charge in [-0.15, -0.1) is 10.2 Å². The van der Waals surface area contributed by atoms with Gasteiger partial charge in [-0.3, -0.25) is 10.1 Å². The van der Waals surface area contributed by atoms with Gasteiger partial charge in [0.15, 0.2) is 10.9 Å². The van der Waals surface area contributed by atoms with Gasteiger partial charge in [-0.05, 0) is 55.4 Å². The molecule has 0 unspecified atom stereocenters. The van der Waals surface area contributed by atoms with Crippen LogP contribution in [0, 0.1) is 12.8 Å². The number of hydrogen-bond donors (Lipinski definition) is 2. The monoisotopic (exact) mass is 466 g/mol. The first-order valence-corrected chi connectivity index (χ1v) is 11.3. The number of benzene rings is 2. The Morgan fingerprint density at radius 3 is 2.78 bits per heavy atom. The second kappa shape index (κ2) is 9.41. The van der Waals surface area contributed by atoms with Crippen LogP contribution in [0.4, 0.5) is 5.69 Å². The average Bonchev–Trinajstić information content (AvgIpc) is 3.35. The van der Waals surface area contributed by atoms with E-state index >= 15 is 0 Å². The SMILES string of the molecule is Cc1nnc2sc(-c3cccc(NC(=S)NC(=O)c4cccc(OCC(C)C)c4)c3)nn12. The van der Waals surface area contributed by atoms with Gasteiger partial charge in [0.05, 0.1) is 6.61 Å². The molecule has 32 heavy (non-hydrogen) atoms. The third-order valence-electron chi connectivity index (χ3n) is 4.42. The molecule has 0 fully saturated rings. The van der Waals surface area contributed by atoms with Crippen molar-refractivity contribution in [3.05, 3.63) is 59.9 Å². The first-order chi connectivity index (χ1) is 15.4. The molecule has 0 saturated carbocycles. The summed E-state index contributed by atoms with van der Waals surface area (Å²) in [5.41, 5.74) is 2.12. The highest BCUT2D eigenvalue weighted by molar-refractivity contribution is 7.80. The van der Waals surface area contributed by atoms with E-state index in [9.17, 15) is 4.79 Å². The Labute approximate surface area is 194 Å². The van der Waals surface area contributed by atoms with Gasteiger partial charge < -0.3 is 10.1 Å². The predicted octanol–water partition coefficient (Wildman–Crippen LogP) is 4.32. The van der Waals surface area contributed by atoms with Gasteiger partial charge >= 0.3 is 0 Å². The minimum absolute atomic E-state index is 0.203. The molecule has 164 valence electrons. The number of aryl methyl sites for hydroxylation is 1. The van der Waals surface area contributed by atoms with Crippen LogP contribution in [0.25, 0.3) is 15.5 Å². The Morgan fingerprint density at radius 1 is 1.19 bits per heavy atom. The number of hydrogen-bond acceptors (Lipinski definition) is 7. The first kappa shape index (κ1) is 21.8. The van der Waals surface area contributed by atoms with Gasteiger partial charge in [0.2, 0.25) is 4.96 Å². The number of amides is 1. The lowest BCUT2D eigenvalue weighted by Crippen LogP contribution is -2.34. The lowest BCUT2D eigenvalue weighted by Gasteiger charge is -2.12. The number of nitrogens with one attached hydrogen (secondary N) is 2. The summed E-state index contributed by atoms with van der Waals surface area (Å²) < 4.78 is 7.41. The summed E-state index contributed by atoms with van der Waals surface area (Å²) in [6.45, 7) is 6.58. The maximum Gasteiger partial charge on any atom is 0.257 e. The molecule has 0 saturated heterocycles. The fraction of sp³-hybridized carbons (Fsp3) is 0.227. The van der Waals surface area contributed by atoms with Gasteiger partial charge in [-0.25, -0.2) is 0 Å². The lowest BCUT2D eigenvalue weighted by molar-refractivity contribution is 0.0977. The van der Waals surface area contributed by atoms with Crippen molar-refractivity contribution in [3.8, 4) is 16.3 Å². The van der Waals surface area contributed by atoms with Crippen LogP contribution in [0.2, 0.25) is 0 Å². The molecule has 0 aliphatic heterocycles. The number of ether oxygens (including phenoxy) is 1. The van der Waals surface area contributed by atoms with E-state index in [1.54, 1.807) is 22.7 Å². The van der Waals surface area contributed by atoms with Crippen molar-refractivity contribution in [1.29, 1.82) is 0 Å². The van der Waals surface area contributed by atoms with Gasteiger partial charge in [0.1, 0.15) is 10.8 Å². The number of fused-ring (bicyclic) bond motifs is 1. The summed E-state index contributed by atoms with van der Waals surface area (Å²) in [6.07, 6.45) is 0. The fourth-order valence-electron chi connectivity index (χ4n) is 2.89. The van der Waals surface area contributed by atoms with Crippen molar-refractivity contribution in [2.24, 2.45) is 5.92 Å². The molecule has 4 aromatic rings. The van der Waals surface area contributed by atoms with Crippen LogP contribution in [0.15, 0.2) is 48.5 Å². The van der Waals surface area contributed by atoms with Crippen LogP contribution >= 0.6 is 23.6 Å². The molecular weight excluding hydrogens is 444 g/mol. The molecule has 0 atom stereocenters. The molecule has 0 radical (unpaired) electrons. The molecule has 0 bridgehead atoms. The molecule has 2 aromatic carbocycles. The molecule has 0 aliphatic rings. The highest BCUT2D eigenvalue weighted by Gasteiger charge is 2.12. The molecular formula is C22H22N6O2S2. The minimum atomic E-state index is -0.308. The Hall–Kier alpha value is -3.37. The number of thiocarbonyl (C=S) groups is 1. The quantitative estimate of drug-likeness (QED) is 0.409. The molecule has 2 N–H and O–H groups in total. The average molecular weight is 467 g/mol. The predicted molar refractivity (Wildman–Crippen MR) is 129 cm³/mol. The molecule has 1 amide bonds. The molecule has 10 heteroatoms. The molecule has 8 nitrogen and oxygen atoms in total. The number of carbonyl (C=O) groups is 1. The normalized spacial score (nSPS) is 11.0. The minimum Gasteiger partial charge on any atom is -0.493 e. The second-order valence-electron chi connectivity index (χ2n) is 7.57. The summed E-state index contributed by atoms with van der Waals surface area (Å²) >= 11 is 6.79. The number of nitrogens with zero attached hydrogens (tertiary/aromatic N) is 4. The number of rotatable bonds is 6. The molecule has 2 aromatic heterocycles. The molecule has 4 rings (SSSR count). The van der Waals surface area contributed by atoms with Gasteiger partial charge in [0.25, 0.3) is 5.91 Å². The Bertz CT molecular complexity index is 1280. The van der Waals surface area contributed by atoms with Crippen molar-refractivity contribution >= 4 is 45.2 Å². The number of anilines is 1. The zero-order valence-corrected chi connectivity index (χ0v) is 19.5. The van der Waals surface area contributed by atoms with E-state index < -0.39 is 0 Å². The van der Waals surface area contributed by atoms with Crippen LogP contribution < -0.4 is 15.4 Å².